The van der Waals surface area contributed by atoms with E-state index in [1.54, 1.807) is 12.1 Å². The average Bonchev–Trinajstić information content (AvgIpc) is 2.66. The maximum absolute atomic E-state index is 12.2. The van der Waals surface area contributed by atoms with Crippen molar-refractivity contribution in [3.05, 3.63) is 64.7 Å². The molecule has 7 heteroatoms. The highest BCUT2D eigenvalue weighted by Crippen LogP contribution is 2.17. The highest BCUT2D eigenvalue weighted by Gasteiger charge is 2.11. The van der Waals surface area contributed by atoms with Gasteiger partial charge in [0.25, 0.3) is 5.91 Å². The average molecular weight is 390 g/mol. The molecule has 27 heavy (non-hydrogen) atoms. The molecule has 0 bridgehead atoms. The maximum Gasteiger partial charge on any atom is 0.255 e. The Morgan fingerprint density at radius 3 is 2.48 bits per heavy atom. The number of nitrogens with zero attached hydrogens (tertiary/aromatic N) is 1. The van der Waals surface area contributed by atoms with Gasteiger partial charge < -0.3 is 15.8 Å². The molecule has 0 spiro atoms. The second-order valence-corrected chi connectivity index (χ2v) is 6.48. The van der Waals surface area contributed by atoms with Gasteiger partial charge in [0.1, 0.15) is 5.75 Å². The Balaban J connectivity index is 1.80. The third-order valence-corrected chi connectivity index (χ3v) is 4.33. The third-order valence-electron chi connectivity index (χ3n) is 3.96. The number of benzene rings is 2. The normalized spacial score (nSPS) is 10.6. The largest absolute Gasteiger partial charge is 0.484 e. The molecular formula is C20H24ClN3O3. The summed E-state index contributed by atoms with van der Waals surface area (Å²) in [4.78, 5) is 25.0. The van der Waals surface area contributed by atoms with Crippen LogP contribution in [0.3, 0.4) is 0 Å². The van der Waals surface area contributed by atoms with Crippen molar-refractivity contribution in [3.8, 4) is 5.75 Å². The zero-order valence-corrected chi connectivity index (χ0v) is 16.0. The molecule has 2 aromatic rings. The van der Waals surface area contributed by atoms with Crippen molar-refractivity contribution in [2.75, 3.05) is 19.7 Å². The number of likely N-dealkylation sites (N-methyl/N-ethyl adjacent to an activating group) is 1. The monoisotopic (exact) mass is 389 g/mol. The van der Waals surface area contributed by atoms with E-state index in [1.807, 2.05) is 48.2 Å². The summed E-state index contributed by atoms with van der Waals surface area (Å²) >= 11 is 6.19. The maximum atomic E-state index is 12.2. The van der Waals surface area contributed by atoms with Crippen LogP contribution >= 0.6 is 11.6 Å². The predicted octanol–water partition coefficient (Wildman–Crippen LogP) is 2.34. The van der Waals surface area contributed by atoms with Crippen LogP contribution in [-0.4, -0.2) is 36.4 Å². The van der Waals surface area contributed by atoms with Crippen LogP contribution in [0.25, 0.3) is 0 Å². The van der Waals surface area contributed by atoms with E-state index < -0.39 is 5.91 Å². The number of carbonyl (C=O) groups is 2. The molecule has 6 nitrogen and oxygen atoms in total. The first kappa shape index (κ1) is 20.7. The Morgan fingerprint density at radius 2 is 1.85 bits per heavy atom. The summed E-state index contributed by atoms with van der Waals surface area (Å²) < 4.78 is 5.20. The van der Waals surface area contributed by atoms with Gasteiger partial charge in [0.05, 0.1) is 6.54 Å². The fourth-order valence-corrected chi connectivity index (χ4v) is 2.66. The summed E-state index contributed by atoms with van der Waals surface area (Å²) in [7, 11) is 0. The summed E-state index contributed by atoms with van der Waals surface area (Å²) in [6, 6.07) is 14.8. The number of nitrogens with one attached hydrogen (secondary N) is 1. The standard InChI is InChI=1S/C20H24ClN3O3/c1-2-24(12-16-5-3-4-6-18(16)21)13-20(26)23-11-15-7-9-17(10-8-15)27-14-19(22)25/h3-10H,2,11-14H2,1H3,(H2,22,25)(H,23,26). The van der Waals surface area contributed by atoms with Crippen molar-refractivity contribution in [1.29, 1.82) is 0 Å². The van der Waals surface area contributed by atoms with E-state index in [0.717, 1.165) is 17.7 Å². The lowest BCUT2D eigenvalue weighted by Gasteiger charge is -2.20. The number of rotatable bonds is 10. The van der Waals surface area contributed by atoms with Crippen LogP contribution in [0, 0.1) is 0 Å². The van der Waals surface area contributed by atoms with Crippen molar-refractivity contribution in [2.24, 2.45) is 5.73 Å². The number of halogens is 1. The first-order chi connectivity index (χ1) is 13.0. The molecule has 0 radical (unpaired) electrons. The molecule has 144 valence electrons. The third kappa shape index (κ3) is 7.29. The number of nitrogens with two attached hydrogens (primary N) is 1. The van der Waals surface area contributed by atoms with Crippen LogP contribution in [0.5, 0.6) is 5.75 Å². The quantitative estimate of drug-likeness (QED) is 0.653. The second kappa shape index (κ2) is 10.5. The minimum atomic E-state index is -0.524. The van der Waals surface area contributed by atoms with Crippen molar-refractivity contribution in [2.45, 2.75) is 20.0 Å². The van der Waals surface area contributed by atoms with Gasteiger partial charge in [-0.25, -0.2) is 0 Å². The van der Waals surface area contributed by atoms with Gasteiger partial charge in [0.15, 0.2) is 6.61 Å². The molecular weight excluding hydrogens is 366 g/mol. The summed E-state index contributed by atoms with van der Waals surface area (Å²) in [6.07, 6.45) is 0. The fraction of sp³-hybridized carbons (Fsp3) is 0.300. The molecule has 2 amide bonds. The van der Waals surface area contributed by atoms with Crippen LogP contribution in [-0.2, 0) is 22.7 Å². The van der Waals surface area contributed by atoms with Gasteiger partial charge >= 0.3 is 0 Å². The van der Waals surface area contributed by atoms with E-state index >= 15 is 0 Å². The molecule has 2 aromatic carbocycles. The lowest BCUT2D eigenvalue weighted by molar-refractivity contribution is -0.122. The molecule has 0 heterocycles. The van der Waals surface area contributed by atoms with Crippen LogP contribution in [0.15, 0.2) is 48.5 Å². The van der Waals surface area contributed by atoms with Gasteiger partial charge in [0, 0.05) is 18.1 Å². The molecule has 0 saturated carbocycles. The van der Waals surface area contributed by atoms with E-state index in [9.17, 15) is 9.59 Å². The lowest BCUT2D eigenvalue weighted by atomic mass is 10.2. The van der Waals surface area contributed by atoms with E-state index in [-0.39, 0.29) is 12.5 Å². The lowest BCUT2D eigenvalue weighted by Crippen LogP contribution is -2.36. The zero-order chi connectivity index (χ0) is 19.6. The van der Waals surface area contributed by atoms with Gasteiger partial charge in [-0.3, -0.25) is 14.5 Å². The van der Waals surface area contributed by atoms with Crippen LogP contribution in [0.2, 0.25) is 5.02 Å². The topological polar surface area (TPSA) is 84.7 Å². The number of amides is 2. The van der Waals surface area contributed by atoms with Crippen molar-refractivity contribution >= 4 is 23.4 Å². The van der Waals surface area contributed by atoms with Gasteiger partial charge in [-0.15, -0.1) is 0 Å². The predicted molar refractivity (Wildman–Crippen MR) is 105 cm³/mol. The number of ether oxygens (including phenoxy) is 1. The minimum absolute atomic E-state index is 0.0574. The Bertz CT molecular complexity index is 765. The highest BCUT2D eigenvalue weighted by molar-refractivity contribution is 6.31. The Hall–Kier alpha value is -2.57. The molecule has 2 rings (SSSR count). The SMILES string of the molecule is CCN(CC(=O)NCc1ccc(OCC(N)=O)cc1)Cc1ccccc1Cl. The van der Waals surface area contributed by atoms with E-state index in [0.29, 0.717) is 30.4 Å². The van der Waals surface area contributed by atoms with Gasteiger partial charge in [-0.05, 0) is 35.9 Å². The molecule has 3 N–H and O–H groups in total. The summed E-state index contributed by atoms with van der Waals surface area (Å²) in [5.41, 5.74) is 6.97. The molecule has 0 fully saturated rings. The Labute approximate surface area is 164 Å². The number of primary amides is 1. The highest BCUT2D eigenvalue weighted by atomic mass is 35.5. The van der Waals surface area contributed by atoms with Gasteiger partial charge in [-0.2, -0.15) is 0 Å². The number of hydrogen-bond donors (Lipinski definition) is 2. The number of hydrogen-bond acceptors (Lipinski definition) is 4. The van der Waals surface area contributed by atoms with Gasteiger partial charge in [0.2, 0.25) is 5.91 Å². The number of carbonyl (C=O) groups excluding carboxylic acids is 2. The van der Waals surface area contributed by atoms with Crippen molar-refractivity contribution in [3.63, 3.8) is 0 Å². The summed E-state index contributed by atoms with van der Waals surface area (Å²) in [6.45, 7) is 3.92. The Kier molecular flexibility index (Phi) is 8.10. The first-order valence-electron chi connectivity index (χ1n) is 8.70. The smallest absolute Gasteiger partial charge is 0.255 e. The second-order valence-electron chi connectivity index (χ2n) is 6.07. The first-order valence-corrected chi connectivity index (χ1v) is 9.08. The van der Waals surface area contributed by atoms with E-state index in [2.05, 4.69) is 5.32 Å². The minimum Gasteiger partial charge on any atom is -0.484 e. The molecule has 0 aliphatic carbocycles. The molecule has 0 atom stereocenters. The van der Waals surface area contributed by atoms with Crippen molar-refractivity contribution in [1.82, 2.24) is 10.2 Å². The zero-order valence-electron chi connectivity index (χ0n) is 15.3. The van der Waals surface area contributed by atoms with Crippen LogP contribution in [0.1, 0.15) is 18.1 Å². The van der Waals surface area contributed by atoms with E-state index in [1.165, 1.54) is 0 Å². The van der Waals surface area contributed by atoms with Gasteiger partial charge in [-0.1, -0.05) is 48.9 Å². The summed E-state index contributed by atoms with van der Waals surface area (Å²) in [5.74, 6) is -0.0256. The van der Waals surface area contributed by atoms with Crippen LogP contribution in [0.4, 0.5) is 0 Å². The van der Waals surface area contributed by atoms with Crippen LogP contribution < -0.4 is 15.8 Å². The fourth-order valence-electron chi connectivity index (χ4n) is 2.46. The molecule has 0 aliphatic heterocycles. The van der Waals surface area contributed by atoms with Crippen molar-refractivity contribution < 1.29 is 14.3 Å². The molecule has 0 saturated heterocycles. The summed E-state index contributed by atoms with van der Waals surface area (Å²) in [5, 5.41) is 3.61. The Morgan fingerprint density at radius 1 is 1.15 bits per heavy atom. The van der Waals surface area contributed by atoms with E-state index in [4.69, 9.17) is 22.1 Å². The molecule has 0 aromatic heterocycles. The molecule has 0 aliphatic rings. The molecule has 0 unspecified atom stereocenters.